The summed E-state index contributed by atoms with van der Waals surface area (Å²) >= 11 is 0. The number of piperidine rings is 1. The number of benzene rings is 1. The van der Waals surface area contributed by atoms with Gasteiger partial charge in [0.1, 0.15) is 5.75 Å². The Kier molecular flexibility index (Phi) is 7.99. The number of carbonyl (C=O) groups is 1. The molecule has 0 aliphatic carbocycles. The second kappa shape index (κ2) is 9.49. The first-order valence-electron chi connectivity index (χ1n) is 7.48. The third kappa shape index (κ3) is 5.04. The molecular formula is C17H25ClN2O2. The fourth-order valence-electron chi connectivity index (χ4n) is 2.67. The van der Waals surface area contributed by atoms with Crippen molar-refractivity contribution in [3.05, 3.63) is 42.5 Å². The molecule has 122 valence electrons. The summed E-state index contributed by atoms with van der Waals surface area (Å²) in [6, 6.07) is 7.86. The van der Waals surface area contributed by atoms with Gasteiger partial charge in [-0.05, 0) is 43.6 Å². The van der Waals surface area contributed by atoms with E-state index in [1.54, 1.807) is 13.2 Å². The van der Waals surface area contributed by atoms with Crippen LogP contribution < -0.4 is 10.1 Å². The van der Waals surface area contributed by atoms with E-state index in [2.05, 4.69) is 11.9 Å². The highest BCUT2D eigenvalue weighted by Gasteiger charge is 2.25. The topological polar surface area (TPSA) is 41.6 Å². The van der Waals surface area contributed by atoms with Gasteiger partial charge in [-0.15, -0.1) is 19.0 Å². The molecule has 0 atom stereocenters. The van der Waals surface area contributed by atoms with Gasteiger partial charge in [-0.25, -0.2) is 0 Å². The maximum Gasteiger partial charge on any atom is 0.226 e. The monoisotopic (exact) mass is 324 g/mol. The summed E-state index contributed by atoms with van der Waals surface area (Å²) in [6.07, 6.45) is 3.65. The van der Waals surface area contributed by atoms with Crippen LogP contribution in [0.15, 0.2) is 36.9 Å². The first kappa shape index (κ1) is 18.5. The van der Waals surface area contributed by atoms with Crippen LogP contribution in [0.5, 0.6) is 5.75 Å². The largest absolute Gasteiger partial charge is 0.497 e. The first-order valence-corrected chi connectivity index (χ1v) is 7.48. The molecule has 0 bridgehead atoms. The molecule has 0 aromatic heterocycles. The molecule has 0 unspecified atom stereocenters. The minimum absolute atomic E-state index is 0. The van der Waals surface area contributed by atoms with Gasteiger partial charge < -0.3 is 15.0 Å². The van der Waals surface area contributed by atoms with E-state index in [4.69, 9.17) is 4.74 Å². The number of rotatable bonds is 6. The molecule has 2 rings (SSSR count). The number of carbonyl (C=O) groups excluding carboxylic acids is 1. The summed E-state index contributed by atoms with van der Waals surface area (Å²) in [5, 5.41) is 3.30. The SMILES string of the molecule is C=CCN(Cc1ccc(OC)cc1)C(=O)C1CCNCC1.Cl. The van der Waals surface area contributed by atoms with Crippen LogP contribution in [-0.2, 0) is 11.3 Å². The lowest BCUT2D eigenvalue weighted by molar-refractivity contribution is -0.136. The molecule has 1 aliphatic heterocycles. The van der Waals surface area contributed by atoms with E-state index in [0.717, 1.165) is 37.2 Å². The van der Waals surface area contributed by atoms with Gasteiger partial charge in [0.05, 0.1) is 7.11 Å². The molecule has 1 aromatic carbocycles. The normalized spacial score (nSPS) is 14.8. The smallest absolute Gasteiger partial charge is 0.226 e. The Morgan fingerprint density at radius 1 is 1.36 bits per heavy atom. The second-order valence-corrected chi connectivity index (χ2v) is 5.38. The zero-order chi connectivity index (χ0) is 15.1. The zero-order valence-corrected chi connectivity index (χ0v) is 13.9. The summed E-state index contributed by atoms with van der Waals surface area (Å²) in [6.45, 7) is 6.85. The molecule has 1 aliphatic rings. The van der Waals surface area contributed by atoms with Gasteiger partial charge in [0, 0.05) is 19.0 Å². The van der Waals surface area contributed by atoms with Gasteiger partial charge in [-0.3, -0.25) is 4.79 Å². The van der Waals surface area contributed by atoms with Crippen LogP contribution in [0.4, 0.5) is 0 Å². The Morgan fingerprint density at radius 3 is 2.55 bits per heavy atom. The van der Waals surface area contributed by atoms with E-state index in [9.17, 15) is 4.79 Å². The lowest BCUT2D eigenvalue weighted by Crippen LogP contribution is -2.40. The van der Waals surface area contributed by atoms with E-state index in [1.807, 2.05) is 29.2 Å². The molecule has 22 heavy (non-hydrogen) atoms. The Morgan fingerprint density at radius 2 is 2.00 bits per heavy atom. The number of hydrogen-bond acceptors (Lipinski definition) is 3. The Hall–Kier alpha value is -1.52. The van der Waals surface area contributed by atoms with Crippen molar-refractivity contribution in [3.8, 4) is 5.75 Å². The number of ether oxygens (including phenoxy) is 1. The highest BCUT2D eigenvalue weighted by molar-refractivity contribution is 5.85. The maximum atomic E-state index is 12.6. The van der Waals surface area contributed by atoms with Crippen molar-refractivity contribution >= 4 is 18.3 Å². The molecule has 0 spiro atoms. The molecule has 1 saturated heterocycles. The predicted octanol–water partition coefficient (Wildman–Crippen LogP) is 2.63. The average molecular weight is 325 g/mol. The number of hydrogen-bond donors (Lipinski definition) is 1. The van der Waals surface area contributed by atoms with Crippen LogP contribution in [0.3, 0.4) is 0 Å². The highest BCUT2D eigenvalue weighted by Crippen LogP contribution is 2.18. The first-order chi connectivity index (χ1) is 10.2. The molecule has 1 aromatic rings. The van der Waals surface area contributed by atoms with Gasteiger partial charge in [0.15, 0.2) is 0 Å². The van der Waals surface area contributed by atoms with Crippen molar-refractivity contribution in [2.24, 2.45) is 5.92 Å². The summed E-state index contributed by atoms with van der Waals surface area (Å²) in [4.78, 5) is 14.5. The standard InChI is InChI=1S/C17H24N2O2.ClH/c1-3-12-19(17(20)15-8-10-18-11-9-15)13-14-4-6-16(21-2)7-5-14;/h3-7,15,18H,1,8-13H2,2H3;1H. The lowest BCUT2D eigenvalue weighted by Gasteiger charge is -2.29. The summed E-state index contributed by atoms with van der Waals surface area (Å²) in [5.74, 6) is 1.22. The van der Waals surface area contributed by atoms with E-state index in [0.29, 0.717) is 13.1 Å². The highest BCUT2D eigenvalue weighted by atomic mass is 35.5. The Labute approximate surface area is 138 Å². The maximum absolute atomic E-state index is 12.6. The van der Waals surface area contributed by atoms with Crippen molar-refractivity contribution in [3.63, 3.8) is 0 Å². The van der Waals surface area contributed by atoms with Gasteiger partial charge in [-0.1, -0.05) is 18.2 Å². The van der Waals surface area contributed by atoms with E-state index >= 15 is 0 Å². The van der Waals surface area contributed by atoms with E-state index < -0.39 is 0 Å². The molecule has 4 nitrogen and oxygen atoms in total. The van der Waals surface area contributed by atoms with Gasteiger partial charge in [0.25, 0.3) is 0 Å². The van der Waals surface area contributed by atoms with Gasteiger partial charge >= 0.3 is 0 Å². The Balaban J connectivity index is 0.00000242. The number of nitrogens with one attached hydrogen (secondary N) is 1. The van der Waals surface area contributed by atoms with Crippen LogP contribution in [0.1, 0.15) is 18.4 Å². The number of methoxy groups -OCH3 is 1. The molecule has 1 N–H and O–H groups in total. The minimum atomic E-state index is 0. The molecular weight excluding hydrogens is 300 g/mol. The summed E-state index contributed by atoms with van der Waals surface area (Å²) in [5.41, 5.74) is 1.11. The van der Waals surface area contributed by atoms with E-state index in [1.165, 1.54) is 0 Å². The van der Waals surface area contributed by atoms with Crippen molar-refractivity contribution in [1.29, 1.82) is 0 Å². The van der Waals surface area contributed by atoms with Gasteiger partial charge in [-0.2, -0.15) is 0 Å². The molecule has 0 radical (unpaired) electrons. The fourth-order valence-corrected chi connectivity index (χ4v) is 2.67. The lowest BCUT2D eigenvalue weighted by atomic mass is 9.96. The number of amides is 1. The van der Waals surface area contributed by atoms with Gasteiger partial charge in [0.2, 0.25) is 5.91 Å². The minimum Gasteiger partial charge on any atom is -0.497 e. The van der Waals surface area contributed by atoms with Crippen LogP contribution >= 0.6 is 12.4 Å². The van der Waals surface area contributed by atoms with Crippen molar-refractivity contribution in [1.82, 2.24) is 10.2 Å². The van der Waals surface area contributed by atoms with Crippen LogP contribution in [0, 0.1) is 5.92 Å². The molecule has 1 fully saturated rings. The molecule has 1 heterocycles. The van der Waals surface area contributed by atoms with E-state index in [-0.39, 0.29) is 24.2 Å². The third-order valence-corrected chi connectivity index (χ3v) is 3.88. The predicted molar refractivity (Wildman–Crippen MR) is 91.4 cm³/mol. The Bertz CT molecular complexity index is 470. The molecule has 5 heteroatoms. The van der Waals surface area contributed by atoms with Crippen molar-refractivity contribution in [2.75, 3.05) is 26.7 Å². The molecule has 1 amide bonds. The van der Waals surface area contributed by atoms with Crippen molar-refractivity contribution < 1.29 is 9.53 Å². The summed E-state index contributed by atoms with van der Waals surface area (Å²) < 4.78 is 5.16. The molecule has 0 saturated carbocycles. The third-order valence-electron chi connectivity index (χ3n) is 3.88. The quantitative estimate of drug-likeness (QED) is 0.818. The van der Waals surface area contributed by atoms with Crippen molar-refractivity contribution in [2.45, 2.75) is 19.4 Å². The van der Waals surface area contributed by atoms with Crippen LogP contribution in [0.2, 0.25) is 0 Å². The van der Waals surface area contributed by atoms with Crippen LogP contribution in [-0.4, -0.2) is 37.6 Å². The zero-order valence-electron chi connectivity index (χ0n) is 13.1. The summed E-state index contributed by atoms with van der Waals surface area (Å²) in [7, 11) is 1.65. The number of nitrogens with zero attached hydrogens (tertiary/aromatic N) is 1. The second-order valence-electron chi connectivity index (χ2n) is 5.38. The number of halogens is 1. The van der Waals surface area contributed by atoms with Crippen LogP contribution in [0.25, 0.3) is 0 Å². The fraction of sp³-hybridized carbons (Fsp3) is 0.471. The average Bonchev–Trinajstić information content (AvgIpc) is 2.55.